The summed E-state index contributed by atoms with van der Waals surface area (Å²) in [5, 5.41) is 3.34. The van der Waals surface area contributed by atoms with Crippen molar-refractivity contribution in [2.24, 2.45) is 0 Å². The first-order chi connectivity index (χ1) is 17.6. The summed E-state index contributed by atoms with van der Waals surface area (Å²) in [6.07, 6.45) is 1.51. The van der Waals surface area contributed by atoms with Crippen molar-refractivity contribution < 1.29 is 9.53 Å². The first-order valence-corrected chi connectivity index (χ1v) is 12.2. The Bertz CT molecular complexity index is 1580. The van der Waals surface area contributed by atoms with Crippen molar-refractivity contribution in [2.75, 3.05) is 5.32 Å². The number of amides is 1. The smallest absolute Gasteiger partial charge is 0.261 e. The van der Waals surface area contributed by atoms with Gasteiger partial charge in [0.15, 0.2) is 0 Å². The molecule has 36 heavy (non-hydrogen) atoms. The normalized spacial score (nSPS) is 10.8. The van der Waals surface area contributed by atoms with Crippen LogP contribution in [0.4, 0.5) is 5.69 Å². The number of carbonyl (C=O) groups is 1. The molecule has 6 nitrogen and oxygen atoms in total. The fourth-order valence-electron chi connectivity index (χ4n) is 3.80. The molecule has 0 spiro atoms. The van der Waals surface area contributed by atoms with Gasteiger partial charge in [0.05, 0.1) is 23.8 Å². The highest BCUT2D eigenvalue weighted by Gasteiger charge is 2.11. The lowest BCUT2D eigenvalue weighted by atomic mass is 10.1. The van der Waals surface area contributed by atoms with Gasteiger partial charge in [-0.05, 0) is 59.7 Å². The van der Waals surface area contributed by atoms with Crippen molar-refractivity contribution in [3.63, 3.8) is 0 Å². The molecule has 5 aromatic rings. The van der Waals surface area contributed by atoms with E-state index in [2.05, 4.69) is 26.2 Å². The topological polar surface area (TPSA) is 73.2 Å². The summed E-state index contributed by atoms with van der Waals surface area (Å²) in [7, 11) is 0. The Labute approximate surface area is 216 Å². The van der Waals surface area contributed by atoms with E-state index in [-0.39, 0.29) is 11.5 Å². The molecule has 0 unspecified atom stereocenters. The minimum atomic E-state index is -0.283. The van der Waals surface area contributed by atoms with Gasteiger partial charge in [0, 0.05) is 15.7 Å². The molecule has 0 bridgehead atoms. The van der Waals surface area contributed by atoms with Crippen LogP contribution in [0.15, 0.2) is 113 Å². The molecule has 5 rings (SSSR count). The number of hydrogen-bond donors (Lipinski definition) is 1. The van der Waals surface area contributed by atoms with Crippen molar-refractivity contribution in [3.05, 3.63) is 135 Å². The van der Waals surface area contributed by atoms with Gasteiger partial charge in [0.25, 0.3) is 11.5 Å². The van der Waals surface area contributed by atoms with Gasteiger partial charge in [0.1, 0.15) is 12.4 Å². The zero-order valence-corrected chi connectivity index (χ0v) is 20.8. The Kier molecular flexibility index (Phi) is 6.91. The maximum Gasteiger partial charge on any atom is 0.261 e. The minimum Gasteiger partial charge on any atom is -0.489 e. The molecule has 0 saturated heterocycles. The largest absolute Gasteiger partial charge is 0.489 e. The van der Waals surface area contributed by atoms with E-state index in [1.54, 1.807) is 34.9 Å². The van der Waals surface area contributed by atoms with Crippen LogP contribution >= 0.6 is 15.9 Å². The molecule has 1 heterocycles. The number of fused-ring (bicyclic) bond motifs is 1. The van der Waals surface area contributed by atoms with Crippen molar-refractivity contribution in [2.45, 2.75) is 13.2 Å². The fourth-order valence-corrected chi connectivity index (χ4v) is 4.21. The maximum absolute atomic E-state index is 13.0. The van der Waals surface area contributed by atoms with E-state index >= 15 is 0 Å². The third kappa shape index (κ3) is 5.37. The van der Waals surface area contributed by atoms with Crippen LogP contribution in [0.25, 0.3) is 10.9 Å². The Balaban J connectivity index is 1.27. The van der Waals surface area contributed by atoms with Crippen LogP contribution in [-0.4, -0.2) is 15.5 Å². The van der Waals surface area contributed by atoms with Gasteiger partial charge in [0.2, 0.25) is 0 Å². The van der Waals surface area contributed by atoms with E-state index in [1.165, 1.54) is 6.33 Å². The Morgan fingerprint density at radius 2 is 1.67 bits per heavy atom. The van der Waals surface area contributed by atoms with Gasteiger partial charge in [-0.3, -0.25) is 14.2 Å². The van der Waals surface area contributed by atoms with E-state index in [0.717, 1.165) is 15.6 Å². The zero-order valence-electron chi connectivity index (χ0n) is 19.2. The first kappa shape index (κ1) is 23.5. The molecular weight excluding hydrogens is 518 g/mol. The van der Waals surface area contributed by atoms with E-state index < -0.39 is 0 Å². The lowest BCUT2D eigenvalue weighted by Crippen LogP contribution is -2.21. The molecule has 0 saturated carbocycles. The number of anilines is 1. The SMILES string of the molecule is O=C(Nc1ccc(OCc2ccccc2)cc1)c1ccc2c(=O)n(Cc3ccccc3Br)cnc2c1. The molecule has 0 fully saturated rings. The number of halogens is 1. The summed E-state index contributed by atoms with van der Waals surface area (Å²) >= 11 is 3.51. The minimum absolute atomic E-state index is 0.159. The molecule has 1 N–H and O–H groups in total. The average molecular weight is 540 g/mol. The molecule has 0 aliphatic rings. The van der Waals surface area contributed by atoms with Crippen molar-refractivity contribution in [1.82, 2.24) is 9.55 Å². The summed E-state index contributed by atoms with van der Waals surface area (Å²) in [5.74, 6) is 0.430. The number of aromatic nitrogens is 2. The third-order valence-corrected chi connectivity index (χ3v) is 6.52. The third-order valence-electron chi connectivity index (χ3n) is 5.75. The summed E-state index contributed by atoms with van der Waals surface area (Å²) in [4.78, 5) is 30.2. The highest BCUT2D eigenvalue weighted by Crippen LogP contribution is 2.20. The molecule has 0 aliphatic carbocycles. The number of hydrogen-bond acceptors (Lipinski definition) is 4. The molecule has 178 valence electrons. The predicted octanol–water partition coefficient (Wildman–Crippen LogP) is 6.04. The number of carbonyl (C=O) groups excluding carboxylic acids is 1. The van der Waals surface area contributed by atoms with Crippen LogP contribution in [0.1, 0.15) is 21.5 Å². The average Bonchev–Trinajstić information content (AvgIpc) is 2.91. The number of ether oxygens (including phenoxy) is 1. The van der Waals surface area contributed by atoms with E-state index in [4.69, 9.17) is 4.74 Å². The highest BCUT2D eigenvalue weighted by molar-refractivity contribution is 9.10. The summed E-state index contributed by atoms with van der Waals surface area (Å²) in [6.45, 7) is 0.872. The Morgan fingerprint density at radius 1 is 0.917 bits per heavy atom. The molecule has 0 aliphatic heterocycles. The Morgan fingerprint density at radius 3 is 2.44 bits per heavy atom. The highest BCUT2D eigenvalue weighted by atomic mass is 79.9. The second-order valence-corrected chi connectivity index (χ2v) is 9.11. The standard InChI is InChI=1S/C29H22BrN3O3/c30-26-9-5-4-8-22(26)17-33-19-31-27-16-21(10-15-25(27)29(33)35)28(34)32-23-11-13-24(14-12-23)36-18-20-6-2-1-3-7-20/h1-16,19H,17-18H2,(H,32,34). The molecule has 7 heteroatoms. The first-order valence-electron chi connectivity index (χ1n) is 11.4. The number of benzene rings is 4. The lowest BCUT2D eigenvalue weighted by Gasteiger charge is -2.10. The van der Waals surface area contributed by atoms with Gasteiger partial charge in [-0.15, -0.1) is 0 Å². The van der Waals surface area contributed by atoms with Crippen LogP contribution in [0.3, 0.4) is 0 Å². The molecule has 0 atom stereocenters. The van der Waals surface area contributed by atoms with Gasteiger partial charge in [-0.25, -0.2) is 4.98 Å². The van der Waals surface area contributed by atoms with E-state index in [9.17, 15) is 9.59 Å². The van der Waals surface area contributed by atoms with Gasteiger partial charge in [-0.1, -0.05) is 64.5 Å². The summed E-state index contributed by atoms with van der Waals surface area (Å²) < 4.78 is 8.28. The number of nitrogens with zero attached hydrogens (tertiary/aromatic N) is 2. The monoisotopic (exact) mass is 539 g/mol. The number of nitrogens with one attached hydrogen (secondary N) is 1. The van der Waals surface area contributed by atoms with Crippen molar-refractivity contribution in [1.29, 1.82) is 0 Å². The molecule has 4 aromatic carbocycles. The molecule has 0 radical (unpaired) electrons. The van der Waals surface area contributed by atoms with E-state index in [1.807, 2.05) is 66.7 Å². The quantitative estimate of drug-likeness (QED) is 0.273. The molecular formula is C29H22BrN3O3. The van der Waals surface area contributed by atoms with Crippen LogP contribution in [0, 0.1) is 0 Å². The molecule has 1 aromatic heterocycles. The zero-order chi connectivity index (χ0) is 24.9. The van der Waals surface area contributed by atoms with Gasteiger partial charge >= 0.3 is 0 Å². The van der Waals surface area contributed by atoms with Crippen LogP contribution < -0.4 is 15.6 Å². The second kappa shape index (κ2) is 10.6. The second-order valence-electron chi connectivity index (χ2n) is 8.25. The molecule has 1 amide bonds. The fraction of sp³-hybridized carbons (Fsp3) is 0.0690. The van der Waals surface area contributed by atoms with Crippen LogP contribution in [-0.2, 0) is 13.2 Å². The summed E-state index contributed by atoms with van der Waals surface area (Å²) in [5.41, 5.74) is 3.44. The van der Waals surface area contributed by atoms with Crippen LogP contribution in [0.2, 0.25) is 0 Å². The van der Waals surface area contributed by atoms with Crippen molar-refractivity contribution in [3.8, 4) is 5.75 Å². The van der Waals surface area contributed by atoms with E-state index in [0.29, 0.717) is 41.1 Å². The number of rotatable bonds is 7. The van der Waals surface area contributed by atoms with Gasteiger partial charge in [-0.2, -0.15) is 0 Å². The Hall–Kier alpha value is -4.23. The maximum atomic E-state index is 13.0. The van der Waals surface area contributed by atoms with Crippen LogP contribution in [0.5, 0.6) is 5.75 Å². The lowest BCUT2D eigenvalue weighted by molar-refractivity contribution is 0.102. The predicted molar refractivity (Wildman–Crippen MR) is 144 cm³/mol. The van der Waals surface area contributed by atoms with Crippen molar-refractivity contribution >= 4 is 38.4 Å². The van der Waals surface area contributed by atoms with Gasteiger partial charge < -0.3 is 10.1 Å². The summed E-state index contributed by atoms with van der Waals surface area (Å²) in [6, 6.07) is 29.8.